The molecule has 0 bridgehead atoms. The Morgan fingerprint density at radius 3 is 2.76 bits per heavy atom. The maximum absolute atomic E-state index is 12.5. The van der Waals surface area contributed by atoms with E-state index in [0.29, 0.717) is 19.0 Å². The quantitative estimate of drug-likeness (QED) is 0.900. The Balaban J connectivity index is 2.15. The molecule has 1 unspecified atom stereocenters. The van der Waals surface area contributed by atoms with Crippen molar-refractivity contribution < 1.29 is 14.3 Å². The van der Waals surface area contributed by atoms with Gasteiger partial charge in [0.25, 0.3) is 0 Å². The molecule has 1 amide bonds. The molecule has 1 aliphatic heterocycles. The lowest BCUT2D eigenvalue weighted by atomic mass is 10.2. The number of hydrogen-bond donors (Lipinski definition) is 1. The summed E-state index contributed by atoms with van der Waals surface area (Å²) in [7, 11) is 0. The number of ether oxygens (including phenoxy) is 2. The molecule has 0 spiro atoms. The van der Waals surface area contributed by atoms with Gasteiger partial charge in [0.05, 0.1) is 19.2 Å². The molecule has 0 aliphatic carbocycles. The molecule has 1 fully saturated rings. The maximum Gasteiger partial charge on any atom is 0.412 e. The molecule has 7 heteroatoms. The van der Waals surface area contributed by atoms with Crippen molar-refractivity contribution in [3.63, 3.8) is 0 Å². The van der Waals surface area contributed by atoms with Gasteiger partial charge in [-0.2, -0.15) is 5.10 Å². The van der Waals surface area contributed by atoms with Gasteiger partial charge in [-0.25, -0.2) is 4.79 Å². The largest absolute Gasteiger partial charge is 0.444 e. The summed E-state index contributed by atoms with van der Waals surface area (Å²) >= 11 is 0. The SMILES string of the molecule is CC(C)(C)OC(=O)N1C(Cn2ccc(N)n2)COC1(C)C. The van der Waals surface area contributed by atoms with E-state index in [1.165, 1.54) is 0 Å². The van der Waals surface area contributed by atoms with Crippen LogP contribution >= 0.6 is 0 Å². The molecule has 7 nitrogen and oxygen atoms in total. The number of nitrogens with two attached hydrogens (primary N) is 1. The fourth-order valence-corrected chi connectivity index (χ4v) is 2.39. The highest BCUT2D eigenvalue weighted by molar-refractivity contribution is 5.69. The highest BCUT2D eigenvalue weighted by atomic mass is 16.6. The van der Waals surface area contributed by atoms with Gasteiger partial charge in [0.15, 0.2) is 0 Å². The highest BCUT2D eigenvalue weighted by Gasteiger charge is 2.45. The molecule has 118 valence electrons. The van der Waals surface area contributed by atoms with Crippen molar-refractivity contribution in [2.45, 2.75) is 58.5 Å². The van der Waals surface area contributed by atoms with E-state index in [0.717, 1.165) is 0 Å². The topological polar surface area (TPSA) is 82.6 Å². The Morgan fingerprint density at radius 1 is 1.57 bits per heavy atom. The summed E-state index contributed by atoms with van der Waals surface area (Å²) in [4.78, 5) is 14.1. The van der Waals surface area contributed by atoms with E-state index in [2.05, 4.69) is 5.10 Å². The van der Waals surface area contributed by atoms with Gasteiger partial charge in [0, 0.05) is 6.20 Å². The van der Waals surface area contributed by atoms with Crippen molar-refractivity contribution in [2.75, 3.05) is 12.3 Å². The molecule has 1 aliphatic rings. The van der Waals surface area contributed by atoms with Crippen LogP contribution in [0, 0.1) is 0 Å². The highest BCUT2D eigenvalue weighted by Crippen LogP contribution is 2.30. The summed E-state index contributed by atoms with van der Waals surface area (Å²) in [5, 5.41) is 4.15. The second-order valence-corrected chi connectivity index (χ2v) is 6.72. The predicted molar refractivity (Wildman–Crippen MR) is 78.5 cm³/mol. The second-order valence-electron chi connectivity index (χ2n) is 6.72. The number of nitrogens with zero attached hydrogens (tertiary/aromatic N) is 3. The zero-order chi connectivity index (χ0) is 15.8. The number of hydrogen-bond acceptors (Lipinski definition) is 5. The van der Waals surface area contributed by atoms with Crippen LogP contribution < -0.4 is 5.73 Å². The second kappa shape index (κ2) is 5.22. The van der Waals surface area contributed by atoms with Crippen molar-refractivity contribution in [1.82, 2.24) is 14.7 Å². The zero-order valence-electron chi connectivity index (χ0n) is 13.3. The van der Waals surface area contributed by atoms with Gasteiger partial charge in [0.1, 0.15) is 17.1 Å². The summed E-state index contributed by atoms with van der Waals surface area (Å²) in [6.45, 7) is 10.2. The Bertz CT molecular complexity index is 519. The van der Waals surface area contributed by atoms with Crippen molar-refractivity contribution >= 4 is 11.9 Å². The van der Waals surface area contributed by atoms with Crippen LogP contribution in [0.25, 0.3) is 0 Å². The van der Waals surface area contributed by atoms with Crippen LogP contribution in [0.4, 0.5) is 10.6 Å². The minimum atomic E-state index is -0.703. The van der Waals surface area contributed by atoms with E-state index in [4.69, 9.17) is 15.2 Å². The number of carbonyl (C=O) groups is 1. The Kier molecular flexibility index (Phi) is 3.88. The average molecular weight is 296 g/mol. The molecule has 1 aromatic rings. The van der Waals surface area contributed by atoms with E-state index in [1.807, 2.05) is 34.6 Å². The van der Waals surface area contributed by atoms with Crippen LogP contribution in [0.5, 0.6) is 0 Å². The number of nitrogen functional groups attached to an aromatic ring is 1. The van der Waals surface area contributed by atoms with Gasteiger partial charge in [-0.05, 0) is 40.7 Å². The predicted octanol–water partition coefficient (Wildman–Crippen LogP) is 1.84. The number of aromatic nitrogens is 2. The lowest BCUT2D eigenvalue weighted by molar-refractivity contribution is -0.0629. The van der Waals surface area contributed by atoms with E-state index in [-0.39, 0.29) is 12.1 Å². The van der Waals surface area contributed by atoms with Gasteiger partial charge in [0.2, 0.25) is 0 Å². The number of rotatable bonds is 2. The molecule has 1 atom stereocenters. The van der Waals surface area contributed by atoms with Gasteiger partial charge in [-0.3, -0.25) is 9.58 Å². The summed E-state index contributed by atoms with van der Waals surface area (Å²) in [5.74, 6) is 0.456. The lowest BCUT2D eigenvalue weighted by Crippen LogP contribution is -2.51. The molecule has 1 aromatic heterocycles. The molecule has 1 saturated heterocycles. The third kappa shape index (κ3) is 3.66. The Labute approximate surface area is 125 Å². The lowest BCUT2D eigenvalue weighted by Gasteiger charge is -2.35. The molecule has 0 radical (unpaired) electrons. The summed E-state index contributed by atoms with van der Waals surface area (Å²) in [6.07, 6.45) is 1.41. The van der Waals surface area contributed by atoms with Crippen molar-refractivity contribution in [3.8, 4) is 0 Å². The first-order chi connectivity index (χ1) is 9.58. The molecule has 21 heavy (non-hydrogen) atoms. The van der Waals surface area contributed by atoms with Crippen LogP contribution in [0.15, 0.2) is 12.3 Å². The van der Waals surface area contributed by atoms with E-state index in [9.17, 15) is 4.79 Å². The average Bonchev–Trinajstić information content (AvgIpc) is 2.81. The first-order valence-electron chi connectivity index (χ1n) is 7.04. The van der Waals surface area contributed by atoms with Crippen molar-refractivity contribution in [3.05, 3.63) is 12.3 Å². The van der Waals surface area contributed by atoms with E-state index >= 15 is 0 Å². The van der Waals surface area contributed by atoms with Gasteiger partial charge in [-0.1, -0.05) is 0 Å². The van der Waals surface area contributed by atoms with Gasteiger partial charge >= 0.3 is 6.09 Å². The minimum Gasteiger partial charge on any atom is -0.444 e. The molecular weight excluding hydrogens is 272 g/mol. The maximum atomic E-state index is 12.5. The minimum absolute atomic E-state index is 0.144. The van der Waals surface area contributed by atoms with Crippen LogP contribution in [0.2, 0.25) is 0 Å². The van der Waals surface area contributed by atoms with Gasteiger partial charge in [-0.15, -0.1) is 0 Å². The molecule has 2 heterocycles. The molecular formula is C14H24N4O3. The normalized spacial score (nSPS) is 21.6. The number of anilines is 1. The zero-order valence-corrected chi connectivity index (χ0v) is 13.3. The number of amides is 1. The molecule has 2 N–H and O–H groups in total. The fourth-order valence-electron chi connectivity index (χ4n) is 2.39. The van der Waals surface area contributed by atoms with Crippen molar-refractivity contribution in [1.29, 1.82) is 0 Å². The van der Waals surface area contributed by atoms with Gasteiger partial charge < -0.3 is 15.2 Å². The third-order valence-electron chi connectivity index (χ3n) is 3.22. The van der Waals surface area contributed by atoms with Crippen LogP contribution in [-0.2, 0) is 16.0 Å². The molecule has 0 saturated carbocycles. The van der Waals surface area contributed by atoms with Crippen LogP contribution in [0.3, 0.4) is 0 Å². The Morgan fingerprint density at radius 2 is 2.24 bits per heavy atom. The van der Waals surface area contributed by atoms with Crippen LogP contribution in [-0.4, -0.2) is 44.7 Å². The van der Waals surface area contributed by atoms with Crippen LogP contribution in [0.1, 0.15) is 34.6 Å². The van der Waals surface area contributed by atoms with Crippen molar-refractivity contribution in [2.24, 2.45) is 0 Å². The van der Waals surface area contributed by atoms with E-state index < -0.39 is 11.3 Å². The first-order valence-corrected chi connectivity index (χ1v) is 7.04. The standard InChI is InChI=1S/C14H24N4O3/c1-13(2,3)21-12(19)18-10(9-20-14(18,4)5)8-17-7-6-11(15)16-17/h6-7,10H,8-9H2,1-5H3,(H2,15,16). The molecule has 0 aromatic carbocycles. The smallest absolute Gasteiger partial charge is 0.412 e. The monoisotopic (exact) mass is 296 g/mol. The first kappa shape index (κ1) is 15.6. The summed E-state index contributed by atoms with van der Waals surface area (Å²) < 4.78 is 12.9. The molecule has 2 rings (SSSR count). The Hall–Kier alpha value is -1.76. The third-order valence-corrected chi connectivity index (χ3v) is 3.22. The summed E-state index contributed by atoms with van der Waals surface area (Å²) in [6, 6.07) is 1.58. The van der Waals surface area contributed by atoms with E-state index in [1.54, 1.807) is 21.8 Å². The summed E-state index contributed by atoms with van der Waals surface area (Å²) in [5.41, 5.74) is 4.37. The fraction of sp³-hybridized carbons (Fsp3) is 0.714. The number of carbonyl (C=O) groups excluding carboxylic acids is 1.